The van der Waals surface area contributed by atoms with Crippen LogP contribution < -0.4 is 24.8 Å². The molecule has 0 saturated heterocycles. The molecule has 6 nitrogen and oxygen atoms in total. The van der Waals surface area contributed by atoms with Gasteiger partial charge in [0.2, 0.25) is 5.75 Å². The van der Waals surface area contributed by atoms with Crippen LogP contribution in [0.4, 0.5) is 0 Å². The summed E-state index contributed by atoms with van der Waals surface area (Å²) in [4.78, 5) is 4.31. The Labute approximate surface area is 161 Å². The summed E-state index contributed by atoms with van der Waals surface area (Å²) in [6.45, 7) is 5.14. The molecule has 0 radical (unpaired) electrons. The van der Waals surface area contributed by atoms with Gasteiger partial charge in [0, 0.05) is 13.6 Å². The second-order valence-corrected chi connectivity index (χ2v) is 5.96. The predicted octanol–water partition coefficient (Wildman–Crippen LogP) is 3.53. The van der Waals surface area contributed by atoms with Crippen molar-refractivity contribution in [2.45, 2.75) is 26.4 Å². The number of methoxy groups -OCH3 is 2. The highest BCUT2D eigenvalue weighted by molar-refractivity contribution is 5.80. The Balaban J connectivity index is 2.07. The maximum atomic E-state index is 5.65. The van der Waals surface area contributed by atoms with Crippen molar-refractivity contribution in [1.82, 2.24) is 10.6 Å². The number of hydrogen-bond acceptors (Lipinski definition) is 4. The molecule has 0 fully saturated rings. The van der Waals surface area contributed by atoms with Gasteiger partial charge in [0.1, 0.15) is 0 Å². The van der Waals surface area contributed by atoms with E-state index in [1.807, 2.05) is 37.3 Å². The molecule has 0 bridgehead atoms. The molecule has 1 unspecified atom stereocenters. The minimum Gasteiger partial charge on any atom is -0.493 e. The third kappa shape index (κ3) is 5.54. The highest BCUT2D eigenvalue weighted by atomic mass is 16.5. The molecule has 2 rings (SSSR count). The van der Waals surface area contributed by atoms with Crippen molar-refractivity contribution in [3.8, 4) is 17.2 Å². The number of rotatable bonds is 8. The summed E-state index contributed by atoms with van der Waals surface area (Å²) in [5.41, 5.74) is 2.20. The quantitative estimate of drug-likeness (QED) is 0.549. The van der Waals surface area contributed by atoms with Crippen molar-refractivity contribution in [2.24, 2.45) is 4.99 Å². The highest BCUT2D eigenvalue weighted by Gasteiger charge is 2.14. The van der Waals surface area contributed by atoms with E-state index in [9.17, 15) is 0 Å². The van der Waals surface area contributed by atoms with Crippen LogP contribution in [0.5, 0.6) is 17.2 Å². The third-order valence-electron chi connectivity index (χ3n) is 4.15. The number of ether oxygens (including phenoxy) is 3. The highest BCUT2D eigenvalue weighted by Crippen LogP contribution is 2.38. The number of nitrogens with zero attached hydrogens (tertiary/aromatic N) is 1. The molecule has 146 valence electrons. The van der Waals surface area contributed by atoms with Gasteiger partial charge in [0.05, 0.1) is 26.9 Å². The summed E-state index contributed by atoms with van der Waals surface area (Å²) in [6.07, 6.45) is 0. The lowest BCUT2D eigenvalue weighted by Gasteiger charge is -2.19. The van der Waals surface area contributed by atoms with Gasteiger partial charge in [0.25, 0.3) is 0 Å². The fourth-order valence-electron chi connectivity index (χ4n) is 2.73. The van der Waals surface area contributed by atoms with Gasteiger partial charge in [-0.15, -0.1) is 0 Å². The topological polar surface area (TPSA) is 64.1 Å². The predicted molar refractivity (Wildman–Crippen MR) is 109 cm³/mol. The summed E-state index contributed by atoms with van der Waals surface area (Å²) < 4.78 is 16.6. The molecular formula is C21H29N3O3. The minimum atomic E-state index is 0.141. The summed E-state index contributed by atoms with van der Waals surface area (Å²) >= 11 is 0. The van der Waals surface area contributed by atoms with Crippen LogP contribution in [0.15, 0.2) is 47.5 Å². The Morgan fingerprint density at radius 2 is 1.70 bits per heavy atom. The molecule has 0 aromatic heterocycles. The second kappa shape index (κ2) is 10.3. The minimum absolute atomic E-state index is 0.141. The summed E-state index contributed by atoms with van der Waals surface area (Å²) in [6, 6.07) is 14.3. The Kier molecular flexibility index (Phi) is 7.79. The number of hydrogen-bond donors (Lipinski definition) is 2. The van der Waals surface area contributed by atoms with Crippen molar-refractivity contribution in [1.29, 1.82) is 0 Å². The summed E-state index contributed by atoms with van der Waals surface area (Å²) in [7, 11) is 5.00. The van der Waals surface area contributed by atoms with Crippen LogP contribution in [-0.2, 0) is 6.54 Å². The first-order valence-electron chi connectivity index (χ1n) is 9.02. The maximum absolute atomic E-state index is 5.65. The average molecular weight is 371 g/mol. The Morgan fingerprint density at radius 1 is 1.07 bits per heavy atom. The molecular weight excluding hydrogens is 342 g/mol. The monoisotopic (exact) mass is 371 g/mol. The first kappa shape index (κ1) is 20.4. The van der Waals surface area contributed by atoms with Crippen LogP contribution in [-0.4, -0.2) is 33.8 Å². The molecule has 6 heteroatoms. The average Bonchev–Trinajstić information content (AvgIpc) is 2.72. The number of guanidine groups is 1. The van der Waals surface area contributed by atoms with Gasteiger partial charge in [0.15, 0.2) is 17.5 Å². The number of nitrogens with one attached hydrogen (secondary N) is 2. The number of aliphatic imine (C=N–C) groups is 1. The largest absolute Gasteiger partial charge is 0.493 e. The maximum Gasteiger partial charge on any atom is 0.203 e. The molecule has 0 aliphatic heterocycles. The van der Waals surface area contributed by atoms with Gasteiger partial charge >= 0.3 is 0 Å². The lowest BCUT2D eigenvalue weighted by molar-refractivity contribution is 0.288. The zero-order chi connectivity index (χ0) is 19.6. The first-order chi connectivity index (χ1) is 13.1. The van der Waals surface area contributed by atoms with Crippen LogP contribution >= 0.6 is 0 Å². The smallest absolute Gasteiger partial charge is 0.203 e. The van der Waals surface area contributed by atoms with E-state index in [1.54, 1.807) is 21.3 Å². The molecule has 0 aliphatic rings. The van der Waals surface area contributed by atoms with E-state index in [-0.39, 0.29) is 6.04 Å². The van der Waals surface area contributed by atoms with Gasteiger partial charge in [-0.1, -0.05) is 30.3 Å². The van der Waals surface area contributed by atoms with Crippen LogP contribution in [0.25, 0.3) is 0 Å². The van der Waals surface area contributed by atoms with Crippen molar-refractivity contribution in [3.63, 3.8) is 0 Å². The zero-order valence-corrected chi connectivity index (χ0v) is 16.7. The van der Waals surface area contributed by atoms with Gasteiger partial charge in [-0.05, 0) is 37.1 Å². The van der Waals surface area contributed by atoms with E-state index in [1.165, 1.54) is 5.56 Å². The van der Waals surface area contributed by atoms with E-state index in [4.69, 9.17) is 14.2 Å². The zero-order valence-electron chi connectivity index (χ0n) is 16.7. The summed E-state index contributed by atoms with van der Waals surface area (Å²) in [5, 5.41) is 6.72. The fraction of sp³-hybridized carbons (Fsp3) is 0.381. The van der Waals surface area contributed by atoms with Gasteiger partial charge in [-0.3, -0.25) is 4.99 Å². The fourth-order valence-corrected chi connectivity index (χ4v) is 2.73. The van der Waals surface area contributed by atoms with E-state index < -0.39 is 0 Å². The van der Waals surface area contributed by atoms with Crippen LogP contribution in [0.3, 0.4) is 0 Å². The van der Waals surface area contributed by atoms with Gasteiger partial charge in [-0.25, -0.2) is 0 Å². The number of benzene rings is 2. The lowest BCUT2D eigenvalue weighted by Crippen LogP contribution is -2.38. The van der Waals surface area contributed by atoms with Crippen molar-refractivity contribution >= 4 is 5.96 Å². The molecule has 0 aliphatic carbocycles. The molecule has 0 amide bonds. The normalized spacial score (nSPS) is 12.3. The molecule has 0 heterocycles. The second-order valence-electron chi connectivity index (χ2n) is 5.96. The summed E-state index contributed by atoms with van der Waals surface area (Å²) in [5.74, 6) is 2.63. The van der Waals surface area contributed by atoms with Crippen molar-refractivity contribution in [3.05, 3.63) is 53.6 Å². The molecule has 1 atom stereocenters. The Morgan fingerprint density at radius 3 is 2.22 bits per heavy atom. The third-order valence-corrected chi connectivity index (χ3v) is 4.15. The molecule has 0 spiro atoms. The SMILES string of the molecule is CCOc1c(OC)cc(CNC(=NC)NC(C)c2ccccc2)cc1OC. The van der Waals surface area contributed by atoms with Crippen LogP contribution in [0.1, 0.15) is 31.0 Å². The van der Waals surface area contributed by atoms with Gasteiger partial charge < -0.3 is 24.8 Å². The molecule has 2 aromatic carbocycles. The molecule has 0 saturated carbocycles. The van der Waals surface area contributed by atoms with Crippen molar-refractivity contribution in [2.75, 3.05) is 27.9 Å². The van der Waals surface area contributed by atoms with Crippen LogP contribution in [0, 0.1) is 0 Å². The van der Waals surface area contributed by atoms with E-state index in [0.717, 1.165) is 11.5 Å². The molecule has 27 heavy (non-hydrogen) atoms. The Hall–Kier alpha value is -2.89. The van der Waals surface area contributed by atoms with E-state index in [2.05, 4.69) is 34.7 Å². The standard InChI is InChI=1S/C21H29N3O3/c1-6-27-20-18(25-4)12-16(13-19(20)26-5)14-23-21(22-3)24-15(2)17-10-8-7-9-11-17/h7-13,15H,6,14H2,1-5H3,(H2,22,23,24). The van der Waals surface area contributed by atoms with Gasteiger partial charge in [-0.2, -0.15) is 0 Å². The molecule has 2 N–H and O–H groups in total. The van der Waals surface area contributed by atoms with Crippen molar-refractivity contribution < 1.29 is 14.2 Å². The van der Waals surface area contributed by atoms with E-state index in [0.29, 0.717) is 30.4 Å². The van der Waals surface area contributed by atoms with E-state index >= 15 is 0 Å². The first-order valence-corrected chi connectivity index (χ1v) is 9.02. The Bertz CT molecular complexity index is 723. The lowest BCUT2D eigenvalue weighted by atomic mass is 10.1. The molecule has 2 aromatic rings. The van der Waals surface area contributed by atoms with Crippen LogP contribution in [0.2, 0.25) is 0 Å².